The van der Waals surface area contributed by atoms with Crippen molar-refractivity contribution in [1.82, 2.24) is 20.5 Å². The predicted molar refractivity (Wildman–Crippen MR) is 127 cm³/mol. The SMILES string of the molecule is CN=C[C@H](C[C@@H]1CCNC1=O)NC(=O)[C@@H]1C[C@@H](OC)CN1C(=O)c1cc2c(OC)cccc2[nH]1. The first-order valence-electron chi connectivity index (χ1n) is 11.4. The number of hydrogen-bond acceptors (Lipinski definition) is 6. The number of likely N-dealkylation sites (tertiary alicyclic amines) is 1. The van der Waals surface area contributed by atoms with Crippen LogP contribution in [-0.2, 0) is 14.3 Å². The van der Waals surface area contributed by atoms with Crippen molar-refractivity contribution < 1.29 is 23.9 Å². The summed E-state index contributed by atoms with van der Waals surface area (Å²) in [6, 6.07) is 6.19. The number of rotatable bonds is 8. The minimum atomic E-state index is -0.698. The highest BCUT2D eigenvalue weighted by Gasteiger charge is 2.41. The van der Waals surface area contributed by atoms with Crippen LogP contribution in [0.2, 0.25) is 0 Å². The molecule has 1 aromatic carbocycles. The summed E-state index contributed by atoms with van der Waals surface area (Å²) in [6.07, 6.45) is 2.97. The average Bonchev–Trinajstić information content (AvgIpc) is 3.56. The number of aliphatic imine (C=N–C) groups is 1. The van der Waals surface area contributed by atoms with Crippen LogP contribution in [0.1, 0.15) is 29.8 Å². The number of methoxy groups -OCH3 is 2. The number of aromatic nitrogens is 1. The molecule has 10 heteroatoms. The Morgan fingerprint density at radius 2 is 2.18 bits per heavy atom. The molecule has 2 fully saturated rings. The molecule has 3 amide bonds. The number of carbonyl (C=O) groups is 3. The van der Waals surface area contributed by atoms with Gasteiger partial charge in [-0.2, -0.15) is 0 Å². The quantitative estimate of drug-likeness (QED) is 0.500. The van der Waals surface area contributed by atoms with Crippen molar-refractivity contribution in [2.45, 2.75) is 37.5 Å². The molecule has 4 rings (SSSR count). The van der Waals surface area contributed by atoms with Gasteiger partial charge in [0.1, 0.15) is 17.5 Å². The highest BCUT2D eigenvalue weighted by Crippen LogP contribution is 2.29. The normalized spacial score (nSPS) is 23.4. The van der Waals surface area contributed by atoms with Crippen molar-refractivity contribution in [1.29, 1.82) is 0 Å². The number of nitrogens with one attached hydrogen (secondary N) is 3. The predicted octanol–water partition coefficient (Wildman–Crippen LogP) is 1.12. The molecule has 0 saturated carbocycles. The summed E-state index contributed by atoms with van der Waals surface area (Å²) in [6.45, 7) is 0.945. The zero-order valence-electron chi connectivity index (χ0n) is 19.7. The standard InChI is InChI=1S/C24H31N5O5/c1-25-12-15(9-14-7-8-26-22(14)30)27-23(31)20-10-16(33-2)13-29(20)24(32)19-11-17-18(28-19)5-4-6-21(17)34-3/h4-6,11-12,14-16,20,28H,7-10,13H2,1-3H3,(H,26,30)(H,27,31)/t14-,15-,16+,20-/m0/s1. The number of aromatic amines is 1. The molecule has 0 radical (unpaired) electrons. The molecule has 0 spiro atoms. The lowest BCUT2D eigenvalue weighted by Crippen LogP contribution is -2.50. The van der Waals surface area contributed by atoms with Crippen molar-refractivity contribution in [2.75, 3.05) is 34.4 Å². The van der Waals surface area contributed by atoms with Crippen molar-refractivity contribution >= 4 is 34.8 Å². The number of benzene rings is 1. The van der Waals surface area contributed by atoms with Gasteiger partial charge in [0.25, 0.3) is 5.91 Å². The molecule has 2 aliphatic heterocycles. The van der Waals surface area contributed by atoms with Crippen LogP contribution in [0.4, 0.5) is 0 Å². The van der Waals surface area contributed by atoms with Crippen LogP contribution in [0, 0.1) is 5.92 Å². The third-order valence-corrected chi connectivity index (χ3v) is 6.59. The molecule has 2 saturated heterocycles. The molecule has 0 unspecified atom stereocenters. The number of amides is 3. The molecule has 3 N–H and O–H groups in total. The number of hydrogen-bond donors (Lipinski definition) is 3. The minimum absolute atomic E-state index is 0.00453. The first-order chi connectivity index (χ1) is 16.4. The van der Waals surface area contributed by atoms with E-state index < -0.39 is 12.1 Å². The Morgan fingerprint density at radius 3 is 2.85 bits per heavy atom. The zero-order chi connectivity index (χ0) is 24.2. The molecule has 1 aromatic heterocycles. The second-order valence-corrected chi connectivity index (χ2v) is 8.71. The fraction of sp³-hybridized carbons (Fsp3) is 0.500. The van der Waals surface area contributed by atoms with Crippen molar-refractivity contribution in [3.05, 3.63) is 30.0 Å². The Hall–Kier alpha value is -3.40. The van der Waals surface area contributed by atoms with Gasteiger partial charge in [-0.25, -0.2) is 0 Å². The summed E-state index contributed by atoms with van der Waals surface area (Å²) in [7, 11) is 4.79. The molecule has 10 nitrogen and oxygen atoms in total. The van der Waals surface area contributed by atoms with Crippen LogP contribution in [0.25, 0.3) is 10.9 Å². The van der Waals surface area contributed by atoms with Crippen molar-refractivity contribution in [3.63, 3.8) is 0 Å². The third kappa shape index (κ3) is 4.77. The van der Waals surface area contributed by atoms with E-state index in [4.69, 9.17) is 9.47 Å². The largest absolute Gasteiger partial charge is 0.496 e. The first-order valence-corrected chi connectivity index (χ1v) is 11.4. The van der Waals surface area contributed by atoms with E-state index >= 15 is 0 Å². The van der Waals surface area contributed by atoms with Gasteiger partial charge in [0.15, 0.2) is 0 Å². The Bertz CT molecular complexity index is 1100. The lowest BCUT2D eigenvalue weighted by atomic mass is 9.98. The van der Waals surface area contributed by atoms with Gasteiger partial charge in [-0.3, -0.25) is 19.4 Å². The van der Waals surface area contributed by atoms with E-state index in [9.17, 15) is 14.4 Å². The molecule has 182 valence electrons. The maximum absolute atomic E-state index is 13.5. The average molecular weight is 470 g/mol. The first kappa shape index (κ1) is 23.7. The minimum Gasteiger partial charge on any atom is -0.496 e. The van der Waals surface area contributed by atoms with Crippen LogP contribution < -0.4 is 15.4 Å². The Labute approximate surface area is 198 Å². The van der Waals surface area contributed by atoms with Gasteiger partial charge in [0.2, 0.25) is 11.8 Å². The summed E-state index contributed by atoms with van der Waals surface area (Å²) in [5, 5.41) is 6.60. The van der Waals surface area contributed by atoms with Gasteiger partial charge in [-0.1, -0.05) is 6.07 Å². The van der Waals surface area contributed by atoms with Crippen LogP contribution in [0.15, 0.2) is 29.3 Å². The van der Waals surface area contributed by atoms with E-state index in [1.807, 2.05) is 18.2 Å². The van der Waals surface area contributed by atoms with Gasteiger partial charge in [-0.15, -0.1) is 0 Å². The van der Waals surface area contributed by atoms with E-state index in [2.05, 4.69) is 20.6 Å². The van der Waals surface area contributed by atoms with E-state index in [-0.39, 0.29) is 29.7 Å². The lowest BCUT2D eigenvalue weighted by Gasteiger charge is -2.25. The maximum atomic E-state index is 13.5. The molecule has 2 aromatic rings. The summed E-state index contributed by atoms with van der Waals surface area (Å²) in [5.41, 5.74) is 1.16. The molecule has 34 heavy (non-hydrogen) atoms. The highest BCUT2D eigenvalue weighted by atomic mass is 16.5. The molecule has 4 atom stereocenters. The number of H-pyrrole nitrogens is 1. The number of nitrogens with zero attached hydrogens (tertiary/aromatic N) is 2. The van der Waals surface area contributed by atoms with Crippen LogP contribution in [0.3, 0.4) is 0 Å². The fourth-order valence-electron chi connectivity index (χ4n) is 4.81. The van der Waals surface area contributed by atoms with E-state index in [0.717, 1.165) is 17.3 Å². The number of ether oxygens (including phenoxy) is 2. The van der Waals surface area contributed by atoms with Crippen LogP contribution in [0.5, 0.6) is 5.75 Å². The molecular formula is C24H31N5O5. The van der Waals surface area contributed by atoms with Crippen molar-refractivity contribution in [2.24, 2.45) is 10.9 Å². The van der Waals surface area contributed by atoms with Gasteiger partial charge >= 0.3 is 0 Å². The Kier molecular flexibility index (Phi) is 7.16. The van der Waals surface area contributed by atoms with E-state index in [0.29, 0.717) is 37.4 Å². The van der Waals surface area contributed by atoms with E-state index in [1.165, 1.54) is 0 Å². The van der Waals surface area contributed by atoms with Gasteiger partial charge in [-0.05, 0) is 31.0 Å². The van der Waals surface area contributed by atoms with Gasteiger partial charge in [0.05, 0.1) is 19.3 Å². The monoisotopic (exact) mass is 469 g/mol. The number of carbonyl (C=O) groups excluding carboxylic acids is 3. The molecule has 2 aliphatic rings. The smallest absolute Gasteiger partial charge is 0.271 e. The summed E-state index contributed by atoms with van der Waals surface area (Å²) < 4.78 is 10.9. The van der Waals surface area contributed by atoms with Crippen LogP contribution >= 0.6 is 0 Å². The van der Waals surface area contributed by atoms with Crippen molar-refractivity contribution in [3.8, 4) is 5.75 Å². The summed E-state index contributed by atoms with van der Waals surface area (Å²) >= 11 is 0. The van der Waals surface area contributed by atoms with E-state index in [1.54, 1.807) is 38.4 Å². The number of fused-ring (bicyclic) bond motifs is 1. The maximum Gasteiger partial charge on any atom is 0.271 e. The molecule has 0 aliphatic carbocycles. The van der Waals surface area contributed by atoms with Gasteiger partial charge in [0, 0.05) is 56.7 Å². The summed E-state index contributed by atoms with van der Waals surface area (Å²) in [5.74, 6) is -0.0811. The van der Waals surface area contributed by atoms with Gasteiger partial charge < -0.3 is 30.0 Å². The third-order valence-electron chi connectivity index (χ3n) is 6.59. The molecular weight excluding hydrogens is 438 g/mol. The molecule has 3 heterocycles. The zero-order valence-corrected chi connectivity index (χ0v) is 19.7. The Morgan fingerprint density at radius 1 is 1.35 bits per heavy atom. The second kappa shape index (κ2) is 10.3. The Balaban J connectivity index is 1.53. The van der Waals surface area contributed by atoms with Crippen LogP contribution in [-0.4, -0.2) is 86.4 Å². The highest BCUT2D eigenvalue weighted by molar-refractivity contribution is 6.02. The lowest BCUT2D eigenvalue weighted by molar-refractivity contribution is -0.126. The summed E-state index contributed by atoms with van der Waals surface area (Å²) in [4.78, 5) is 47.5. The molecule has 0 bridgehead atoms. The second-order valence-electron chi connectivity index (χ2n) is 8.71. The topological polar surface area (TPSA) is 125 Å². The fourth-order valence-corrected chi connectivity index (χ4v) is 4.81.